The molecule has 2 rings (SSSR count). The van der Waals surface area contributed by atoms with Crippen molar-refractivity contribution in [2.75, 3.05) is 6.61 Å². The van der Waals surface area contributed by atoms with Gasteiger partial charge in [0.2, 0.25) is 0 Å². The molecule has 1 N–H and O–H groups in total. The van der Waals surface area contributed by atoms with Gasteiger partial charge in [-0.3, -0.25) is 0 Å². The van der Waals surface area contributed by atoms with E-state index in [0.29, 0.717) is 25.0 Å². The van der Waals surface area contributed by atoms with Crippen molar-refractivity contribution >= 4 is 0 Å². The van der Waals surface area contributed by atoms with Crippen LogP contribution in [0.2, 0.25) is 0 Å². The Kier molecular flexibility index (Phi) is 3.38. The van der Waals surface area contributed by atoms with E-state index in [2.05, 4.69) is 0 Å². The van der Waals surface area contributed by atoms with Crippen molar-refractivity contribution < 1.29 is 23.0 Å². The van der Waals surface area contributed by atoms with Gasteiger partial charge in [-0.25, -0.2) is 0 Å². The van der Waals surface area contributed by atoms with Crippen LogP contribution in [0.25, 0.3) is 0 Å². The minimum atomic E-state index is -4.39. The molecule has 0 radical (unpaired) electrons. The van der Waals surface area contributed by atoms with Crippen molar-refractivity contribution in [3.8, 4) is 0 Å². The van der Waals surface area contributed by atoms with Crippen LogP contribution < -0.4 is 0 Å². The van der Waals surface area contributed by atoms with Gasteiger partial charge >= 0.3 is 6.18 Å². The van der Waals surface area contributed by atoms with E-state index in [1.165, 1.54) is 12.1 Å². The molecule has 0 aromatic heterocycles. The maximum atomic E-state index is 12.6. The number of aliphatic hydroxyl groups is 1. The van der Waals surface area contributed by atoms with Crippen molar-refractivity contribution in [3.63, 3.8) is 0 Å². The van der Waals surface area contributed by atoms with Crippen molar-refractivity contribution in [2.45, 2.75) is 37.6 Å². The van der Waals surface area contributed by atoms with Crippen LogP contribution in [0.15, 0.2) is 24.3 Å². The summed E-state index contributed by atoms with van der Waals surface area (Å²) in [6.07, 6.45) is -3.91. The molecule has 1 aromatic carbocycles. The van der Waals surface area contributed by atoms with Gasteiger partial charge in [-0.1, -0.05) is 12.1 Å². The van der Waals surface area contributed by atoms with E-state index in [4.69, 9.17) is 4.74 Å². The Morgan fingerprint density at radius 3 is 2.72 bits per heavy atom. The van der Waals surface area contributed by atoms with Crippen LogP contribution in [-0.4, -0.2) is 17.8 Å². The summed E-state index contributed by atoms with van der Waals surface area (Å²) in [6.45, 7) is 2.16. The Hall–Kier alpha value is -1.07. The first kappa shape index (κ1) is 13.4. The van der Waals surface area contributed by atoms with Gasteiger partial charge in [0, 0.05) is 12.8 Å². The molecule has 0 saturated carbocycles. The van der Waals surface area contributed by atoms with Crippen LogP contribution in [0, 0.1) is 0 Å². The molecule has 2 atom stereocenters. The number of benzene rings is 1. The molecule has 0 bridgehead atoms. The van der Waals surface area contributed by atoms with Gasteiger partial charge in [0.1, 0.15) is 0 Å². The van der Waals surface area contributed by atoms with E-state index in [1.807, 2.05) is 0 Å². The van der Waals surface area contributed by atoms with E-state index in [1.54, 1.807) is 6.92 Å². The van der Waals surface area contributed by atoms with Gasteiger partial charge < -0.3 is 9.84 Å². The Balaban J connectivity index is 2.33. The van der Waals surface area contributed by atoms with Gasteiger partial charge in [0.15, 0.2) is 0 Å². The fourth-order valence-corrected chi connectivity index (χ4v) is 2.31. The first-order valence-electron chi connectivity index (χ1n) is 5.83. The van der Waals surface area contributed by atoms with Crippen molar-refractivity contribution in [1.29, 1.82) is 0 Å². The monoisotopic (exact) mass is 260 g/mol. The predicted octanol–water partition coefficient (Wildman–Crippen LogP) is 3.09. The summed E-state index contributed by atoms with van der Waals surface area (Å²) in [4.78, 5) is 0. The molecule has 1 aromatic rings. The third-order valence-corrected chi connectivity index (χ3v) is 3.27. The van der Waals surface area contributed by atoms with Crippen molar-refractivity contribution in [2.24, 2.45) is 0 Å². The molecular weight excluding hydrogens is 245 g/mol. The van der Waals surface area contributed by atoms with Gasteiger partial charge in [0.25, 0.3) is 0 Å². The maximum absolute atomic E-state index is 12.6. The molecule has 2 nitrogen and oxygen atoms in total. The van der Waals surface area contributed by atoms with Gasteiger partial charge in [-0.05, 0) is 24.6 Å². The van der Waals surface area contributed by atoms with E-state index in [9.17, 15) is 18.3 Å². The zero-order valence-corrected chi connectivity index (χ0v) is 10.00. The second-order valence-corrected chi connectivity index (χ2v) is 4.75. The van der Waals surface area contributed by atoms with Crippen molar-refractivity contribution in [1.82, 2.24) is 0 Å². The summed E-state index contributed by atoms with van der Waals surface area (Å²) >= 11 is 0. The van der Waals surface area contributed by atoms with Crippen LogP contribution >= 0.6 is 0 Å². The second kappa shape index (κ2) is 4.55. The fraction of sp³-hybridized carbons (Fsp3) is 0.538. The highest BCUT2D eigenvalue weighted by molar-refractivity contribution is 5.30. The van der Waals surface area contributed by atoms with E-state index in [-0.39, 0.29) is 6.10 Å². The lowest BCUT2D eigenvalue weighted by Gasteiger charge is -2.36. The topological polar surface area (TPSA) is 29.5 Å². The molecule has 0 spiro atoms. The highest BCUT2D eigenvalue weighted by atomic mass is 19.4. The third kappa shape index (κ3) is 2.67. The number of rotatable bonds is 1. The van der Waals surface area contributed by atoms with E-state index >= 15 is 0 Å². The lowest BCUT2D eigenvalue weighted by atomic mass is 9.83. The van der Waals surface area contributed by atoms with Crippen LogP contribution in [0.4, 0.5) is 13.2 Å². The summed E-state index contributed by atoms with van der Waals surface area (Å²) in [6, 6.07) is 4.90. The highest BCUT2D eigenvalue weighted by Gasteiger charge is 2.37. The van der Waals surface area contributed by atoms with E-state index in [0.717, 1.165) is 12.1 Å². The first-order valence-corrected chi connectivity index (χ1v) is 5.83. The number of hydrogen-bond donors (Lipinski definition) is 1. The number of hydrogen-bond acceptors (Lipinski definition) is 2. The molecule has 1 fully saturated rings. The molecular formula is C13H15F3O2. The van der Waals surface area contributed by atoms with Crippen molar-refractivity contribution in [3.05, 3.63) is 35.4 Å². The Labute approximate surface area is 103 Å². The molecule has 1 aliphatic rings. The van der Waals surface area contributed by atoms with Crippen LogP contribution in [0.3, 0.4) is 0 Å². The SMILES string of the molecule is CC1CC(O)(c2cccc(C(F)(F)F)c2)CCO1. The average molecular weight is 260 g/mol. The lowest BCUT2D eigenvalue weighted by Crippen LogP contribution is -2.37. The first-order chi connectivity index (χ1) is 8.31. The second-order valence-electron chi connectivity index (χ2n) is 4.75. The molecule has 18 heavy (non-hydrogen) atoms. The molecule has 2 unspecified atom stereocenters. The number of halogens is 3. The molecule has 1 saturated heterocycles. The smallest absolute Gasteiger partial charge is 0.385 e. The van der Waals surface area contributed by atoms with Gasteiger partial charge in [0.05, 0.1) is 23.9 Å². The highest BCUT2D eigenvalue weighted by Crippen LogP contribution is 2.37. The predicted molar refractivity (Wildman–Crippen MR) is 60.0 cm³/mol. The normalized spacial score (nSPS) is 29.3. The van der Waals surface area contributed by atoms with Gasteiger partial charge in [-0.15, -0.1) is 0 Å². The molecule has 1 aliphatic heterocycles. The van der Waals surface area contributed by atoms with Crippen LogP contribution in [0.1, 0.15) is 30.9 Å². The van der Waals surface area contributed by atoms with Gasteiger partial charge in [-0.2, -0.15) is 13.2 Å². The van der Waals surface area contributed by atoms with Crippen LogP contribution in [0.5, 0.6) is 0 Å². The zero-order chi connectivity index (χ0) is 13.4. The summed E-state index contributed by atoms with van der Waals surface area (Å²) in [5.74, 6) is 0. The number of ether oxygens (including phenoxy) is 1. The summed E-state index contributed by atoms with van der Waals surface area (Å²) in [5, 5.41) is 10.5. The minimum absolute atomic E-state index is 0.154. The summed E-state index contributed by atoms with van der Waals surface area (Å²) in [7, 11) is 0. The van der Waals surface area contributed by atoms with E-state index < -0.39 is 17.3 Å². The Morgan fingerprint density at radius 1 is 1.39 bits per heavy atom. The summed E-state index contributed by atoms with van der Waals surface area (Å²) < 4.78 is 43.2. The lowest BCUT2D eigenvalue weighted by molar-refractivity contribution is -0.138. The Bertz CT molecular complexity index is 430. The summed E-state index contributed by atoms with van der Waals surface area (Å²) in [5.41, 5.74) is -1.64. The number of alkyl halides is 3. The molecule has 1 heterocycles. The molecule has 0 aliphatic carbocycles. The third-order valence-electron chi connectivity index (χ3n) is 3.27. The fourth-order valence-electron chi connectivity index (χ4n) is 2.31. The van der Waals surface area contributed by atoms with Crippen LogP contribution in [-0.2, 0) is 16.5 Å². The quantitative estimate of drug-likeness (QED) is 0.840. The maximum Gasteiger partial charge on any atom is 0.416 e. The standard InChI is InChI=1S/C13H15F3O2/c1-9-8-12(17,5-6-18-9)10-3-2-4-11(7-10)13(14,15)16/h2-4,7,9,17H,5-6,8H2,1H3. The molecule has 5 heteroatoms. The Morgan fingerprint density at radius 2 is 2.11 bits per heavy atom. The largest absolute Gasteiger partial charge is 0.416 e. The molecule has 0 amide bonds. The molecule has 100 valence electrons. The zero-order valence-electron chi connectivity index (χ0n) is 10.00. The minimum Gasteiger partial charge on any atom is -0.385 e. The average Bonchev–Trinajstić information content (AvgIpc) is 2.28.